The Labute approximate surface area is 97.5 Å². The molecule has 0 radical (unpaired) electrons. The summed E-state index contributed by atoms with van der Waals surface area (Å²) >= 11 is 5.49. The van der Waals surface area contributed by atoms with E-state index in [9.17, 15) is 0 Å². The van der Waals surface area contributed by atoms with Crippen LogP contribution >= 0.6 is 27.3 Å². The standard InChI is InChI=1S/C10H15BrN2S/c1-7-8(2)14-10(12-7)13-5-3-9(11)4-6-13/h9H,3-6H2,1-2H3. The van der Waals surface area contributed by atoms with E-state index in [2.05, 4.69) is 39.7 Å². The monoisotopic (exact) mass is 274 g/mol. The van der Waals surface area contributed by atoms with Gasteiger partial charge in [0.2, 0.25) is 0 Å². The van der Waals surface area contributed by atoms with Gasteiger partial charge in [0.15, 0.2) is 5.13 Å². The van der Waals surface area contributed by atoms with Gasteiger partial charge in [-0.2, -0.15) is 0 Å². The Morgan fingerprint density at radius 2 is 2.00 bits per heavy atom. The van der Waals surface area contributed by atoms with E-state index >= 15 is 0 Å². The molecule has 0 aliphatic carbocycles. The molecule has 4 heteroatoms. The highest BCUT2D eigenvalue weighted by Crippen LogP contribution is 2.28. The van der Waals surface area contributed by atoms with E-state index in [-0.39, 0.29) is 0 Å². The highest BCUT2D eigenvalue weighted by molar-refractivity contribution is 9.09. The average Bonchev–Trinajstić information content (AvgIpc) is 2.48. The Morgan fingerprint density at radius 1 is 1.36 bits per heavy atom. The first kappa shape index (κ1) is 10.4. The third-order valence-electron chi connectivity index (χ3n) is 2.71. The second-order valence-electron chi connectivity index (χ2n) is 3.80. The number of anilines is 1. The van der Waals surface area contributed by atoms with Crippen LogP contribution in [0.3, 0.4) is 0 Å². The lowest BCUT2D eigenvalue weighted by Gasteiger charge is -2.28. The third kappa shape index (κ3) is 2.11. The molecular weight excluding hydrogens is 260 g/mol. The molecule has 1 aliphatic heterocycles. The van der Waals surface area contributed by atoms with Crippen molar-refractivity contribution in [1.29, 1.82) is 0 Å². The minimum Gasteiger partial charge on any atom is -0.348 e. The first-order valence-corrected chi connectivity index (χ1v) is 6.73. The second-order valence-corrected chi connectivity index (χ2v) is 6.28. The normalized spacial score (nSPS) is 18.9. The van der Waals surface area contributed by atoms with Crippen molar-refractivity contribution in [3.8, 4) is 0 Å². The lowest BCUT2D eigenvalue weighted by atomic mass is 10.1. The summed E-state index contributed by atoms with van der Waals surface area (Å²) in [5.41, 5.74) is 1.19. The number of halogens is 1. The quantitative estimate of drug-likeness (QED) is 0.732. The van der Waals surface area contributed by atoms with Gasteiger partial charge < -0.3 is 4.90 Å². The molecule has 1 aromatic rings. The molecule has 0 amide bonds. The number of alkyl halides is 1. The summed E-state index contributed by atoms with van der Waals surface area (Å²) in [7, 11) is 0. The summed E-state index contributed by atoms with van der Waals surface area (Å²) in [6.07, 6.45) is 2.47. The third-order valence-corrected chi connectivity index (χ3v) is 4.76. The van der Waals surface area contributed by atoms with Gasteiger partial charge in [0.1, 0.15) is 0 Å². The van der Waals surface area contributed by atoms with Crippen LogP contribution in [0, 0.1) is 13.8 Å². The SMILES string of the molecule is Cc1nc(N2CCC(Br)CC2)sc1C. The molecule has 0 saturated carbocycles. The number of thiazole rings is 1. The van der Waals surface area contributed by atoms with Gasteiger partial charge in [-0.1, -0.05) is 15.9 Å². The van der Waals surface area contributed by atoms with Crippen molar-refractivity contribution in [2.24, 2.45) is 0 Å². The predicted octanol–water partition coefficient (Wildman–Crippen LogP) is 3.12. The van der Waals surface area contributed by atoms with Crippen molar-refractivity contribution in [3.05, 3.63) is 10.6 Å². The molecule has 0 N–H and O–H groups in total. The molecule has 0 atom stereocenters. The molecule has 1 fully saturated rings. The van der Waals surface area contributed by atoms with Crippen LogP contribution < -0.4 is 4.90 Å². The molecule has 0 unspecified atom stereocenters. The number of aromatic nitrogens is 1. The first-order chi connectivity index (χ1) is 6.66. The molecule has 2 rings (SSSR count). The molecule has 1 aliphatic rings. The van der Waals surface area contributed by atoms with Crippen molar-refractivity contribution in [1.82, 2.24) is 4.98 Å². The Bertz CT molecular complexity index is 296. The number of hydrogen-bond donors (Lipinski definition) is 0. The van der Waals surface area contributed by atoms with Crippen molar-refractivity contribution in [2.45, 2.75) is 31.5 Å². The fraction of sp³-hybridized carbons (Fsp3) is 0.700. The average molecular weight is 275 g/mol. The van der Waals surface area contributed by atoms with Crippen LogP contribution in [-0.2, 0) is 0 Å². The topological polar surface area (TPSA) is 16.1 Å². The van der Waals surface area contributed by atoms with E-state index in [0.29, 0.717) is 4.83 Å². The highest BCUT2D eigenvalue weighted by atomic mass is 79.9. The van der Waals surface area contributed by atoms with Crippen molar-refractivity contribution < 1.29 is 0 Å². The maximum absolute atomic E-state index is 4.59. The number of nitrogens with zero attached hydrogens (tertiary/aromatic N) is 2. The largest absolute Gasteiger partial charge is 0.348 e. The number of rotatable bonds is 1. The van der Waals surface area contributed by atoms with Crippen LogP contribution in [0.5, 0.6) is 0 Å². The summed E-state index contributed by atoms with van der Waals surface area (Å²) in [4.78, 5) is 9.05. The minimum atomic E-state index is 0.709. The molecule has 14 heavy (non-hydrogen) atoms. The fourth-order valence-electron chi connectivity index (χ4n) is 1.63. The van der Waals surface area contributed by atoms with Gasteiger partial charge in [0.25, 0.3) is 0 Å². The Kier molecular flexibility index (Phi) is 3.12. The predicted molar refractivity (Wildman–Crippen MR) is 65.8 cm³/mol. The van der Waals surface area contributed by atoms with Gasteiger partial charge >= 0.3 is 0 Å². The summed E-state index contributed by atoms with van der Waals surface area (Å²) in [6, 6.07) is 0. The molecular formula is C10H15BrN2S. The lowest BCUT2D eigenvalue weighted by Crippen LogP contribution is -2.33. The number of aryl methyl sites for hydroxylation is 2. The van der Waals surface area contributed by atoms with Crippen LogP contribution in [0.25, 0.3) is 0 Å². The van der Waals surface area contributed by atoms with E-state index in [0.717, 1.165) is 13.1 Å². The summed E-state index contributed by atoms with van der Waals surface area (Å²) in [5.74, 6) is 0. The Hall–Kier alpha value is -0.0900. The maximum Gasteiger partial charge on any atom is 0.185 e. The van der Waals surface area contributed by atoms with Crippen LogP contribution in [0.2, 0.25) is 0 Å². The Morgan fingerprint density at radius 3 is 2.50 bits per heavy atom. The van der Waals surface area contributed by atoms with Crippen molar-refractivity contribution in [2.75, 3.05) is 18.0 Å². The summed E-state index contributed by atoms with van der Waals surface area (Å²) in [6.45, 7) is 6.52. The van der Waals surface area contributed by atoms with Crippen LogP contribution in [0.1, 0.15) is 23.4 Å². The Balaban J connectivity index is 2.08. The molecule has 1 saturated heterocycles. The molecule has 1 aromatic heterocycles. The fourth-order valence-corrected chi connectivity index (χ4v) is 3.00. The zero-order valence-corrected chi connectivity index (χ0v) is 11.0. The summed E-state index contributed by atoms with van der Waals surface area (Å²) < 4.78 is 0. The first-order valence-electron chi connectivity index (χ1n) is 5.00. The molecule has 0 aromatic carbocycles. The molecule has 2 nitrogen and oxygen atoms in total. The maximum atomic E-state index is 4.59. The van der Waals surface area contributed by atoms with Gasteiger partial charge in [-0.25, -0.2) is 4.98 Å². The molecule has 0 bridgehead atoms. The zero-order chi connectivity index (χ0) is 10.1. The molecule has 0 spiro atoms. The number of hydrogen-bond acceptors (Lipinski definition) is 3. The molecule has 78 valence electrons. The van der Waals surface area contributed by atoms with Gasteiger partial charge in [-0.3, -0.25) is 0 Å². The van der Waals surface area contributed by atoms with Crippen LogP contribution in [0.15, 0.2) is 0 Å². The molecule has 2 heterocycles. The zero-order valence-electron chi connectivity index (χ0n) is 8.59. The van der Waals surface area contributed by atoms with Crippen molar-refractivity contribution >= 4 is 32.4 Å². The van der Waals surface area contributed by atoms with Gasteiger partial charge in [-0.15, -0.1) is 11.3 Å². The van der Waals surface area contributed by atoms with E-state index in [1.54, 1.807) is 0 Å². The number of piperidine rings is 1. The van der Waals surface area contributed by atoms with E-state index < -0.39 is 0 Å². The lowest BCUT2D eigenvalue weighted by molar-refractivity contribution is 0.596. The second kappa shape index (κ2) is 4.19. The van der Waals surface area contributed by atoms with Crippen LogP contribution in [0.4, 0.5) is 5.13 Å². The highest BCUT2D eigenvalue weighted by Gasteiger charge is 2.19. The van der Waals surface area contributed by atoms with Gasteiger partial charge in [0, 0.05) is 22.8 Å². The smallest absolute Gasteiger partial charge is 0.185 e. The van der Waals surface area contributed by atoms with E-state index in [1.165, 1.54) is 28.5 Å². The summed E-state index contributed by atoms with van der Waals surface area (Å²) in [5, 5.41) is 1.21. The van der Waals surface area contributed by atoms with E-state index in [4.69, 9.17) is 0 Å². The van der Waals surface area contributed by atoms with Gasteiger partial charge in [0.05, 0.1) is 5.69 Å². The van der Waals surface area contributed by atoms with E-state index in [1.807, 2.05) is 11.3 Å². The van der Waals surface area contributed by atoms with Crippen molar-refractivity contribution in [3.63, 3.8) is 0 Å². The van der Waals surface area contributed by atoms with Gasteiger partial charge in [-0.05, 0) is 26.7 Å². The minimum absolute atomic E-state index is 0.709. The van der Waals surface area contributed by atoms with Crippen LogP contribution in [-0.4, -0.2) is 22.9 Å².